The van der Waals surface area contributed by atoms with Gasteiger partial charge in [-0.15, -0.1) is 11.3 Å². The Morgan fingerprint density at radius 2 is 1.70 bits per heavy atom. The van der Waals surface area contributed by atoms with Crippen molar-refractivity contribution in [2.24, 2.45) is 0 Å². The van der Waals surface area contributed by atoms with E-state index < -0.39 is 113 Å². The first-order chi connectivity index (χ1) is 28.9. The summed E-state index contributed by atoms with van der Waals surface area (Å²) >= 11 is 1.57. The zero-order valence-electron chi connectivity index (χ0n) is 30.8. The van der Waals surface area contributed by atoms with Crippen molar-refractivity contribution >= 4 is 59.1 Å². The fourth-order valence-corrected chi connectivity index (χ4v) is 7.43. The average molecular weight is 903 g/mol. The van der Waals surface area contributed by atoms with Gasteiger partial charge in [-0.1, -0.05) is 12.1 Å². The molecule has 0 radical (unpaired) electrons. The summed E-state index contributed by atoms with van der Waals surface area (Å²) in [7, 11) is -5.64. The molecule has 0 saturated carbocycles. The van der Waals surface area contributed by atoms with E-state index in [4.69, 9.17) is 39.6 Å². The summed E-state index contributed by atoms with van der Waals surface area (Å²) in [5.74, 6) is -3.42. The number of nitrogens with zero attached hydrogens (tertiary/aromatic N) is 6. The van der Waals surface area contributed by atoms with Gasteiger partial charge in [-0.05, 0) is 12.1 Å². The predicted molar refractivity (Wildman–Crippen MR) is 199 cm³/mol. The van der Waals surface area contributed by atoms with Crippen LogP contribution in [0.15, 0.2) is 47.8 Å². The summed E-state index contributed by atoms with van der Waals surface area (Å²) in [6.07, 6.45) is -24.3. The average Bonchev–Trinajstić information content (AvgIpc) is 4.04. The fraction of sp³-hybridized carbons (Fsp3) is 0.469. The second kappa shape index (κ2) is 19.1. The van der Waals surface area contributed by atoms with Crippen LogP contribution in [0.4, 0.5) is 5.82 Å². The molecule has 2 saturated heterocycles. The molecule has 4 aromatic heterocycles. The number of carboxylic acid groups (broad SMARTS) is 2. The number of nitrogens with two attached hydrogens (primary N) is 1. The molecule has 332 valence electrons. The number of anilines is 1. The van der Waals surface area contributed by atoms with Crippen molar-refractivity contribution in [3.05, 3.63) is 47.8 Å². The van der Waals surface area contributed by atoms with Gasteiger partial charge in [0.1, 0.15) is 72.5 Å². The molecule has 0 bridgehead atoms. The van der Waals surface area contributed by atoms with Gasteiger partial charge in [0.2, 0.25) is 0 Å². The number of aromatic amines is 1. The number of hydrogen-bond acceptors (Lipinski definition) is 22. The van der Waals surface area contributed by atoms with Gasteiger partial charge in [0, 0.05) is 5.38 Å². The van der Waals surface area contributed by atoms with Gasteiger partial charge >= 0.3 is 19.8 Å². The number of nitrogens with one attached hydrogen (secondary N) is 1. The largest absolute Gasteiger partial charge is 0.479 e. The van der Waals surface area contributed by atoms with Crippen molar-refractivity contribution in [1.82, 2.24) is 34.5 Å². The number of fused-ring (bicyclic) bond motifs is 2. The third-order valence-corrected chi connectivity index (χ3v) is 10.4. The van der Waals surface area contributed by atoms with Crippen LogP contribution in [0.5, 0.6) is 0 Å². The first-order valence-electron chi connectivity index (χ1n) is 17.6. The molecule has 2 fully saturated rings. The smallest absolute Gasteiger partial charge is 0.470 e. The van der Waals surface area contributed by atoms with Crippen LogP contribution in [0.1, 0.15) is 6.23 Å². The van der Waals surface area contributed by atoms with Crippen molar-refractivity contribution in [3.63, 3.8) is 0 Å². The van der Waals surface area contributed by atoms with Crippen LogP contribution >= 0.6 is 19.2 Å². The van der Waals surface area contributed by atoms with Gasteiger partial charge in [0.15, 0.2) is 42.0 Å². The van der Waals surface area contributed by atoms with E-state index in [1.165, 1.54) is 10.9 Å². The van der Waals surface area contributed by atoms with Crippen LogP contribution in [-0.2, 0) is 37.6 Å². The monoisotopic (exact) mass is 902 g/mol. The Morgan fingerprint density at radius 3 is 2.34 bits per heavy atom. The first kappa shape index (κ1) is 45.8. The van der Waals surface area contributed by atoms with Crippen LogP contribution in [-0.4, -0.2) is 189 Å². The zero-order chi connectivity index (χ0) is 44.3. The lowest BCUT2D eigenvalue weighted by atomic mass is 9.98. The van der Waals surface area contributed by atoms with Crippen LogP contribution in [0.2, 0.25) is 0 Å². The Morgan fingerprint density at radius 1 is 0.967 bits per heavy atom. The molecule has 0 unspecified atom stereocenters. The number of benzene rings is 1. The van der Waals surface area contributed by atoms with Gasteiger partial charge in [-0.2, -0.15) is 0 Å². The van der Waals surface area contributed by atoms with Gasteiger partial charge in [0.25, 0.3) is 0 Å². The number of aliphatic carboxylic acids is 2. The molecule has 61 heavy (non-hydrogen) atoms. The molecule has 6 heterocycles. The van der Waals surface area contributed by atoms with Crippen LogP contribution in [0.25, 0.3) is 33.7 Å². The molecule has 7 rings (SSSR count). The summed E-state index contributed by atoms with van der Waals surface area (Å²) in [5.41, 5.74) is 10.9. The van der Waals surface area contributed by atoms with Crippen LogP contribution in [0.3, 0.4) is 0 Å². The molecule has 14 N–H and O–H groups in total. The topological polar surface area (TPSA) is 431 Å². The van der Waals surface area contributed by atoms with Crippen LogP contribution in [0, 0.1) is 0 Å². The summed E-state index contributed by atoms with van der Waals surface area (Å²) in [6.45, 7) is -1.57. The summed E-state index contributed by atoms with van der Waals surface area (Å²) in [6, 6.07) is 7.97. The number of aliphatic hydroxyl groups is 7. The number of H-pyrrole nitrogens is 1. The lowest BCUT2D eigenvalue weighted by molar-refractivity contribution is -0.324. The van der Waals surface area contributed by atoms with E-state index in [9.17, 15) is 55.0 Å². The molecule has 0 aliphatic carbocycles. The van der Waals surface area contributed by atoms with Gasteiger partial charge in [-0.3, -0.25) is 9.09 Å². The molecule has 2 aliphatic rings. The van der Waals surface area contributed by atoms with E-state index in [1.807, 2.05) is 35.2 Å². The number of nitrogen functional groups attached to an aromatic ring is 1. The molecule has 2 aliphatic heterocycles. The molecule has 0 amide bonds. The minimum Gasteiger partial charge on any atom is -0.479 e. The Bertz CT molecular complexity index is 2280. The number of thiazole rings is 1. The van der Waals surface area contributed by atoms with E-state index in [0.717, 1.165) is 28.9 Å². The molecule has 0 spiro atoms. The van der Waals surface area contributed by atoms with Crippen molar-refractivity contribution in [1.29, 1.82) is 0 Å². The number of aliphatic hydroxyl groups excluding tert-OH is 7. The Balaban J connectivity index is 0.000000369. The molecule has 13 atom stereocenters. The van der Waals surface area contributed by atoms with Crippen LogP contribution < -0.4 is 5.73 Å². The lowest BCUT2D eigenvalue weighted by Gasteiger charge is -2.43. The fourth-order valence-electron chi connectivity index (χ4n) is 6.34. The predicted octanol–water partition coefficient (Wildman–Crippen LogP) is -3.71. The second-order valence-corrected chi connectivity index (χ2v) is 15.2. The quantitative estimate of drug-likeness (QED) is 0.0450. The van der Waals surface area contributed by atoms with Gasteiger partial charge < -0.3 is 85.4 Å². The highest BCUT2D eigenvalue weighted by atomic mass is 32.1. The molecule has 5 aromatic rings. The Hall–Kier alpha value is -4.72. The normalized spacial score (nSPS) is 27.6. The second-order valence-electron chi connectivity index (χ2n) is 13.3. The van der Waals surface area contributed by atoms with Crippen molar-refractivity contribution in [2.45, 2.75) is 79.7 Å². The maximum absolute atomic E-state index is 11.9. The number of phosphoric acid groups is 1. The van der Waals surface area contributed by atoms with E-state index in [-0.39, 0.29) is 17.0 Å². The Kier molecular flexibility index (Phi) is 14.4. The summed E-state index contributed by atoms with van der Waals surface area (Å²) < 4.78 is 38.2. The zero-order valence-corrected chi connectivity index (χ0v) is 32.6. The molecule has 29 heteroatoms. The number of imidazole rings is 2. The molecule has 1 aromatic carbocycles. The third-order valence-electron chi connectivity index (χ3n) is 9.33. The number of para-hydroxylation sites is 2. The van der Waals surface area contributed by atoms with Crippen molar-refractivity contribution in [3.8, 4) is 11.5 Å². The van der Waals surface area contributed by atoms with Gasteiger partial charge in [-0.25, -0.2) is 39.1 Å². The molecule has 27 nitrogen and oxygen atoms in total. The molecular weight excluding hydrogens is 863 g/mol. The maximum atomic E-state index is 11.9. The van der Waals surface area contributed by atoms with E-state index >= 15 is 0 Å². The summed E-state index contributed by atoms with van der Waals surface area (Å²) in [5, 5.41) is 93.3. The van der Waals surface area contributed by atoms with Gasteiger partial charge in [0.05, 0.1) is 36.1 Å². The number of rotatable bonds is 15. The number of phosphoric ester groups is 1. The molecular formula is C32H39N8O19PS. The SMILES string of the molecule is Nc1ncnc2c1ncn2[C@@H]1O[C@H](CO[C@H]2[C@H](O)[C@@H](O)[C@@H](O[C@@H](C(=O)O)[C@H](O)[C@H](OP(=O)(O)O)[C@H](O)C(=O)O)O[C@@H]2CO)[C@@H](O)[C@H]1O.c1ccc2[nH]c(-c3cscn3)nc2c1. The number of aromatic nitrogens is 7. The number of carbonyl (C=O) groups is 2. The van der Waals surface area contributed by atoms with Crippen molar-refractivity contribution < 1.29 is 93.4 Å². The minimum absolute atomic E-state index is 0.0418. The highest BCUT2D eigenvalue weighted by Gasteiger charge is 2.51. The lowest BCUT2D eigenvalue weighted by Crippen LogP contribution is -2.62. The minimum atomic E-state index is -5.64. The number of hydrogen-bond donors (Lipinski definition) is 13. The maximum Gasteiger partial charge on any atom is 0.470 e. The Labute approximate surface area is 344 Å². The third kappa shape index (κ3) is 10.2. The number of ether oxygens (including phenoxy) is 4. The number of carboxylic acids is 2. The first-order valence-corrected chi connectivity index (χ1v) is 20.1. The van der Waals surface area contributed by atoms with Crippen molar-refractivity contribution in [2.75, 3.05) is 18.9 Å². The highest BCUT2D eigenvalue weighted by Crippen LogP contribution is 2.40. The standard InChI is InChI=1S/C22H32N5O19P.C10H7N3S/c23-17-7-18(25-3-24-17)27(4-26-7)19-10(31)8(29)6(43-19)2-42-14-5(1-28)44-22(11(32)9(14)30)45-16(21(37)38)12(33)15(13(34)20(35)36)46-47(39,40)41;1-2-4-8-7(3-1)12-10(13-8)9-5-14-6-11-9/h3-6,8-16,19,22,28-34H,1-2H2,(H,35,36)(H,37,38)(H2,23,24,25)(H2,39,40,41);1-6H,(H,12,13)/t5-,6-,8-,9-,10-,11-,12-,13+,14-,15+,16-,19-,22-;/m1./s1. The van der Waals surface area contributed by atoms with E-state index in [1.54, 1.807) is 11.3 Å². The van der Waals surface area contributed by atoms with E-state index in [0.29, 0.717) is 0 Å². The van der Waals surface area contributed by atoms with E-state index in [2.05, 4.69) is 34.4 Å². The highest BCUT2D eigenvalue weighted by molar-refractivity contribution is 7.46. The summed E-state index contributed by atoms with van der Waals surface area (Å²) in [4.78, 5) is 64.9.